The minimum atomic E-state index is -0.312. The summed E-state index contributed by atoms with van der Waals surface area (Å²) in [5, 5.41) is 14.3. The van der Waals surface area contributed by atoms with Gasteiger partial charge in [0.1, 0.15) is 6.61 Å². The first kappa shape index (κ1) is 28.3. The molecule has 7 rings (SSSR count). The summed E-state index contributed by atoms with van der Waals surface area (Å²) in [5.74, 6) is 0.664. The van der Waals surface area contributed by atoms with Crippen LogP contribution in [0.5, 0.6) is 0 Å². The van der Waals surface area contributed by atoms with E-state index in [1.807, 2.05) is 30.3 Å². The van der Waals surface area contributed by atoms with Crippen LogP contribution in [0.4, 0.5) is 10.5 Å². The summed E-state index contributed by atoms with van der Waals surface area (Å²) in [6, 6.07) is 16.3. The number of likely N-dealkylation sites (tertiary alicyclic amines) is 1. The molecule has 2 aliphatic heterocycles. The van der Waals surface area contributed by atoms with Gasteiger partial charge in [-0.15, -0.1) is 0 Å². The van der Waals surface area contributed by atoms with Gasteiger partial charge in [-0.2, -0.15) is 0 Å². The number of amides is 2. The minimum absolute atomic E-state index is 0.0492. The lowest BCUT2D eigenvalue weighted by atomic mass is 9.77. The van der Waals surface area contributed by atoms with Gasteiger partial charge in [0.05, 0.1) is 18.7 Å². The number of pyridine rings is 1. The van der Waals surface area contributed by atoms with E-state index in [2.05, 4.69) is 35.3 Å². The van der Waals surface area contributed by atoms with Gasteiger partial charge in [0.2, 0.25) is 0 Å². The van der Waals surface area contributed by atoms with Crippen LogP contribution in [0.2, 0.25) is 0 Å². The second-order valence-corrected chi connectivity index (χ2v) is 13.2. The van der Waals surface area contributed by atoms with Crippen LogP contribution in [0.15, 0.2) is 48.5 Å². The topological polar surface area (TPSA) is 95.0 Å². The highest BCUT2D eigenvalue weighted by Gasteiger charge is 2.45. The highest BCUT2D eigenvalue weighted by atomic mass is 16.6. The Bertz CT molecular complexity index is 1520. The number of hydrogen-bond donors (Lipinski definition) is 2. The molecule has 3 aromatic rings. The lowest BCUT2D eigenvalue weighted by Gasteiger charge is -2.33. The van der Waals surface area contributed by atoms with E-state index in [4.69, 9.17) is 9.72 Å². The van der Waals surface area contributed by atoms with Gasteiger partial charge in [0.25, 0.3) is 5.91 Å². The second kappa shape index (κ2) is 11.5. The van der Waals surface area contributed by atoms with Gasteiger partial charge < -0.3 is 15.2 Å². The number of nitrogens with zero attached hydrogens (tertiary/aromatic N) is 3. The number of anilines is 1. The molecular formula is C35H42N4O4. The lowest BCUT2D eigenvalue weighted by Crippen LogP contribution is -2.38. The summed E-state index contributed by atoms with van der Waals surface area (Å²) >= 11 is 0. The summed E-state index contributed by atoms with van der Waals surface area (Å²) in [5.41, 5.74) is 6.66. The molecule has 2 amide bonds. The summed E-state index contributed by atoms with van der Waals surface area (Å²) in [4.78, 5) is 34.3. The molecule has 2 saturated heterocycles. The first-order chi connectivity index (χ1) is 20.9. The number of carbonyl (C=O) groups excluding carboxylic acids is 2. The number of aliphatic hydroxyl groups is 1. The van der Waals surface area contributed by atoms with E-state index in [0.29, 0.717) is 30.7 Å². The van der Waals surface area contributed by atoms with Crippen molar-refractivity contribution in [2.24, 2.45) is 11.3 Å². The fourth-order valence-electron chi connectivity index (χ4n) is 7.59. The molecular weight excluding hydrogens is 540 g/mol. The first-order valence-corrected chi connectivity index (χ1v) is 16.0. The molecule has 3 fully saturated rings. The summed E-state index contributed by atoms with van der Waals surface area (Å²) in [6.07, 6.45) is 8.49. The maximum atomic E-state index is 13.3. The van der Waals surface area contributed by atoms with E-state index in [0.717, 1.165) is 66.7 Å². The van der Waals surface area contributed by atoms with Gasteiger partial charge in [-0.3, -0.25) is 19.6 Å². The lowest BCUT2D eigenvalue weighted by molar-refractivity contribution is 0.0931. The smallest absolute Gasteiger partial charge is 0.414 e. The summed E-state index contributed by atoms with van der Waals surface area (Å²) in [7, 11) is 0. The molecule has 1 aromatic heterocycles. The standard InChI is InChI=1S/C35H42N4O4/c1-35(13-14-35)27-7-11-31-26(21-27)20-25-19-24(6-10-30(25)37-31)33(41)36-15-12-32(38-16-2-3-29(38)22-40)23-4-8-28(9-5-23)39-17-18-43-34(39)42/h4-6,8-10,19-20,27,29,32,40H,2-3,7,11-18,21-22H2,1H3,(H,36,41)/t27-,29-,32+/m0/s1. The number of cyclic esters (lactones) is 1. The van der Waals surface area contributed by atoms with E-state index in [-0.39, 0.29) is 30.7 Å². The van der Waals surface area contributed by atoms with E-state index in [1.54, 1.807) is 4.90 Å². The monoisotopic (exact) mass is 582 g/mol. The molecule has 2 aromatic carbocycles. The molecule has 0 bridgehead atoms. The number of ether oxygens (including phenoxy) is 1. The van der Waals surface area contributed by atoms with Crippen LogP contribution in [-0.2, 0) is 17.6 Å². The number of aromatic nitrogens is 1. The predicted octanol–water partition coefficient (Wildman–Crippen LogP) is 5.41. The fourth-order valence-corrected chi connectivity index (χ4v) is 7.59. The SMILES string of the molecule is CC1([C@H]2CCc3nc4ccc(C(=O)NCC[C@H](c5ccc(N6CCOC6=O)cc5)N5CCC[C@H]5CO)cc4cc3C2)CC1. The van der Waals surface area contributed by atoms with Gasteiger partial charge >= 0.3 is 6.09 Å². The zero-order valence-corrected chi connectivity index (χ0v) is 25.1. The number of aliphatic hydroxyl groups excluding tert-OH is 1. The highest BCUT2D eigenvalue weighted by molar-refractivity contribution is 5.98. The van der Waals surface area contributed by atoms with Crippen LogP contribution >= 0.6 is 0 Å². The number of rotatable bonds is 9. The fraction of sp³-hybridized carbons (Fsp3) is 0.514. The third kappa shape index (κ3) is 5.63. The van der Waals surface area contributed by atoms with Crippen LogP contribution in [0, 0.1) is 11.3 Å². The quantitative estimate of drug-likeness (QED) is 0.350. The first-order valence-electron chi connectivity index (χ1n) is 16.0. The third-order valence-electron chi connectivity index (χ3n) is 10.6. The molecule has 8 nitrogen and oxygen atoms in total. The molecule has 43 heavy (non-hydrogen) atoms. The van der Waals surface area contributed by atoms with Crippen LogP contribution in [0.1, 0.15) is 78.7 Å². The Morgan fingerprint density at radius 3 is 2.72 bits per heavy atom. The molecule has 0 unspecified atom stereocenters. The molecule has 2 N–H and O–H groups in total. The van der Waals surface area contributed by atoms with Crippen molar-refractivity contribution in [3.8, 4) is 0 Å². The Morgan fingerprint density at radius 1 is 1.14 bits per heavy atom. The number of aryl methyl sites for hydroxylation is 1. The van der Waals surface area contributed by atoms with Crippen molar-refractivity contribution in [2.45, 2.75) is 70.4 Å². The van der Waals surface area contributed by atoms with E-state index >= 15 is 0 Å². The van der Waals surface area contributed by atoms with Gasteiger partial charge in [-0.05, 0) is 117 Å². The average Bonchev–Trinajstić information content (AvgIpc) is 3.38. The van der Waals surface area contributed by atoms with Gasteiger partial charge in [-0.25, -0.2) is 4.79 Å². The van der Waals surface area contributed by atoms with Crippen molar-refractivity contribution >= 4 is 28.6 Å². The summed E-state index contributed by atoms with van der Waals surface area (Å²) in [6.45, 7) is 4.93. The average molecular weight is 583 g/mol. The molecule has 0 spiro atoms. The highest BCUT2D eigenvalue weighted by Crippen LogP contribution is 2.55. The van der Waals surface area contributed by atoms with Crippen molar-refractivity contribution in [3.63, 3.8) is 0 Å². The molecule has 1 saturated carbocycles. The van der Waals surface area contributed by atoms with Crippen molar-refractivity contribution in [3.05, 3.63) is 70.9 Å². The summed E-state index contributed by atoms with van der Waals surface area (Å²) < 4.78 is 5.09. The molecule has 3 atom stereocenters. The number of nitrogens with one attached hydrogen (secondary N) is 1. The van der Waals surface area contributed by atoms with E-state index < -0.39 is 0 Å². The maximum Gasteiger partial charge on any atom is 0.414 e. The van der Waals surface area contributed by atoms with Crippen molar-refractivity contribution in [2.75, 3.05) is 37.7 Å². The molecule has 0 radical (unpaired) electrons. The van der Waals surface area contributed by atoms with Gasteiger partial charge in [0, 0.05) is 41.0 Å². The Hall–Kier alpha value is -3.49. The Morgan fingerprint density at radius 2 is 1.98 bits per heavy atom. The Balaban J connectivity index is 1.04. The number of fused-ring (bicyclic) bond motifs is 2. The van der Waals surface area contributed by atoms with Crippen molar-refractivity contribution < 1.29 is 19.4 Å². The third-order valence-corrected chi connectivity index (χ3v) is 10.6. The molecule has 2 aliphatic carbocycles. The Labute approximate surface area is 253 Å². The van der Waals surface area contributed by atoms with Crippen LogP contribution < -0.4 is 10.2 Å². The maximum absolute atomic E-state index is 13.3. The van der Waals surface area contributed by atoms with Crippen molar-refractivity contribution in [1.82, 2.24) is 15.2 Å². The minimum Gasteiger partial charge on any atom is -0.447 e. The van der Waals surface area contributed by atoms with Crippen LogP contribution in [0.3, 0.4) is 0 Å². The van der Waals surface area contributed by atoms with Crippen LogP contribution in [0.25, 0.3) is 10.9 Å². The zero-order chi connectivity index (χ0) is 29.6. The second-order valence-electron chi connectivity index (χ2n) is 13.2. The largest absolute Gasteiger partial charge is 0.447 e. The zero-order valence-electron chi connectivity index (χ0n) is 25.1. The number of benzene rings is 2. The van der Waals surface area contributed by atoms with Gasteiger partial charge in [-0.1, -0.05) is 19.1 Å². The van der Waals surface area contributed by atoms with Gasteiger partial charge in [0.15, 0.2) is 0 Å². The molecule has 8 heteroatoms. The molecule has 3 heterocycles. The van der Waals surface area contributed by atoms with E-state index in [1.165, 1.54) is 30.5 Å². The predicted molar refractivity (Wildman–Crippen MR) is 166 cm³/mol. The van der Waals surface area contributed by atoms with Crippen molar-refractivity contribution in [1.29, 1.82) is 0 Å². The normalized spacial score (nSPS) is 23.7. The molecule has 226 valence electrons. The molecule has 4 aliphatic rings. The van der Waals surface area contributed by atoms with E-state index in [9.17, 15) is 14.7 Å². The number of hydrogen-bond acceptors (Lipinski definition) is 6. The number of carbonyl (C=O) groups is 2. The van der Waals surface area contributed by atoms with Crippen LogP contribution in [-0.4, -0.2) is 65.9 Å². The Kier molecular flexibility index (Phi) is 7.60.